The number of amides is 1. The first-order chi connectivity index (χ1) is 8.13. The van der Waals surface area contributed by atoms with Crippen LogP contribution >= 0.6 is 0 Å². The lowest BCUT2D eigenvalue weighted by molar-refractivity contribution is 0.0641. The Hall–Kier alpha value is -1.29. The van der Waals surface area contributed by atoms with E-state index in [0.717, 1.165) is 49.6 Å². The van der Waals surface area contributed by atoms with Gasteiger partial charge in [0.1, 0.15) is 5.76 Å². The van der Waals surface area contributed by atoms with E-state index < -0.39 is 0 Å². The topological polar surface area (TPSA) is 36.7 Å². The molecule has 0 radical (unpaired) electrons. The number of carbonyl (C=O) groups excluding carboxylic acids is 1. The summed E-state index contributed by atoms with van der Waals surface area (Å²) >= 11 is 0. The van der Waals surface area contributed by atoms with Gasteiger partial charge in [-0.1, -0.05) is 6.92 Å². The van der Waals surface area contributed by atoms with E-state index in [1.807, 2.05) is 18.7 Å². The van der Waals surface area contributed by atoms with Crippen molar-refractivity contribution in [2.45, 2.75) is 20.8 Å². The van der Waals surface area contributed by atoms with Gasteiger partial charge < -0.3 is 14.2 Å². The second kappa shape index (κ2) is 4.92. The van der Waals surface area contributed by atoms with Crippen LogP contribution in [0.5, 0.6) is 0 Å². The Labute approximate surface area is 102 Å². The molecule has 1 aliphatic rings. The molecule has 1 amide bonds. The number of furan rings is 1. The molecule has 94 valence electrons. The van der Waals surface area contributed by atoms with Crippen molar-refractivity contribution in [1.29, 1.82) is 0 Å². The lowest BCUT2D eigenvalue weighted by atomic mass is 10.1. The van der Waals surface area contributed by atoms with Gasteiger partial charge in [-0.05, 0) is 20.4 Å². The molecule has 0 unspecified atom stereocenters. The second-order valence-corrected chi connectivity index (χ2v) is 4.58. The third kappa shape index (κ3) is 2.36. The van der Waals surface area contributed by atoms with E-state index in [9.17, 15) is 4.79 Å². The van der Waals surface area contributed by atoms with Crippen molar-refractivity contribution in [3.8, 4) is 0 Å². The monoisotopic (exact) mass is 236 g/mol. The molecule has 1 aliphatic heterocycles. The fourth-order valence-electron chi connectivity index (χ4n) is 2.32. The van der Waals surface area contributed by atoms with Crippen LogP contribution in [0.1, 0.15) is 28.6 Å². The second-order valence-electron chi connectivity index (χ2n) is 4.58. The summed E-state index contributed by atoms with van der Waals surface area (Å²) < 4.78 is 5.29. The van der Waals surface area contributed by atoms with Crippen molar-refractivity contribution in [2.24, 2.45) is 0 Å². The van der Waals surface area contributed by atoms with Crippen LogP contribution in [0.15, 0.2) is 10.7 Å². The summed E-state index contributed by atoms with van der Waals surface area (Å²) in [4.78, 5) is 16.6. The molecule has 4 nitrogen and oxygen atoms in total. The van der Waals surface area contributed by atoms with Gasteiger partial charge in [-0.3, -0.25) is 4.79 Å². The number of aryl methyl sites for hydroxylation is 2. The molecule has 4 heteroatoms. The van der Waals surface area contributed by atoms with Crippen molar-refractivity contribution in [3.05, 3.63) is 23.2 Å². The van der Waals surface area contributed by atoms with Gasteiger partial charge in [0.2, 0.25) is 0 Å². The fourth-order valence-corrected chi connectivity index (χ4v) is 2.32. The molecule has 1 aromatic heterocycles. The lowest BCUT2D eigenvalue weighted by Crippen LogP contribution is -2.48. The first-order valence-electron chi connectivity index (χ1n) is 6.19. The van der Waals surface area contributed by atoms with E-state index in [0.29, 0.717) is 0 Å². The highest BCUT2D eigenvalue weighted by Crippen LogP contribution is 2.18. The van der Waals surface area contributed by atoms with E-state index in [1.54, 1.807) is 6.26 Å². The summed E-state index contributed by atoms with van der Waals surface area (Å²) in [5.41, 5.74) is 1.68. The third-order valence-corrected chi connectivity index (χ3v) is 3.48. The van der Waals surface area contributed by atoms with Gasteiger partial charge >= 0.3 is 0 Å². The first kappa shape index (κ1) is 12.2. The van der Waals surface area contributed by atoms with Crippen LogP contribution in [-0.2, 0) is 0 Å². The molecule has 2 rings (SSSR count). The highest BCUT2D eigenvalue weighted by Gasteiger charge is 2.25. The molecule has 0 atom stereocenters. The van der Waals surface area contributed by atoms with Crippen molar-refractivity contribution >= 4 is 5.91 Å². The molecular weight excluding hydrogens is 216 g/mol. The molecule has 0 aromatic carbocycles. The zero-order valence-corrected chi connectivity index (χ0v) is 10.8. The number of likely N-dealkylation sites (N-methyl/N-ethyl adjacent to an activating group) is 1. The Morgan fingerprint density at radius 3 is 2.41 bits per heavy atom. The molecule has 2 heterocycles. The van der Waals surface area contributed by atoms with Crippen LogP contribution in [0.2, 0.25) is 0 Å². The standard InChI is InChI=1S/C13H20N2O2/c1-4-14-5-7-15(8-6-14)13(16)12-10(2)9-17-11(12)3/h9H,4-8H2,1-3H3. The third-order valence-electron chi connectivity index (χ3n) is 3.48. The maximum atomic E-state index is 12.3. The zero-order valence-electron chi connectivity index (χ0n) is 10.8. The number of hydrogen-bond donors (Lipinski definition) is 0. The maximum Gasteiger partial charge on any atom is 0.257 e. The van der Waals surface area contributed by atoms with E-state index >= 15 is 0 Å². The van der Waals surface area contributed by atoms with Crippen LogP contribution in [0.4, 0.5) is 0 Å². The Kier molecular flexibility index (Phi) is 3.52. The molecular formula is C13H20N2O2. The Morgan fingerprint density at radius 1 is 1.29 bits per heavy atom. The molecule has 1 fully saturated rings. The summed E-state index contributed by atoms with van der Waals surface area (Å²) in [6.45, 7) is 10.6. The number of piperazine rings is 1. The van der Waals surface area contributed by atoms with Crippen molar-refractivity contribution < 1.29 is 9.21 Å². The SMILES string of the molecule is CCN1CCN(C(=O)c2c(C)coc2C)CC1. The first-order valence-corrected chi connectivity index (χ1v) is 6.19. The summed E-state index contributed by atoms with van der Waals surface area (Å²) in [7, 11) is 0. The van der Waals surface area contributed by atoms with Crippen LogP contribution in [0.3, 0.4) is 0 Å². The van der Waals surface area contributed by atoms with Crippen molar-refractivity contribution in [1.82, 2.24) is 9.80 Å². The Balaban J connectivity index is 2.07. The van der Waals surface area contributed by atoms with Gasteiger partial charge in [-0.15, -0.1) is 0 Å². The minimum absolute atomic E-state index is 0.115. The van der Waals surface area contributed by atoms with E-state index in [4.69, 9.17) is 4.42 Å². The summed E-state index contributed by atoms with van der Waals surface area (Å²) in [6, 6.07) is 0. The Bertz CT molecular complexity index is 384. The molecule has 0 bridgehead atoms. The lowest BCUT2D eigenvalue weighted by Gasteiger charge is -2.34. The van der Waals surface area contributed by atoms with Gasteiger partial charge in [0.05, 0.1) is 11.8 Å². The molecule has 0 spiro atoms. The van der Waals surface area contributed by atoms with E-state index in [2.05, 4.69) is 11.8 Å². The van der Waals surface area contributed by atoms with Crippen LogP contribution in [0, 0.1) is 13.8 Å². The number of hydrogen-bond acceptors (Lipinski definition) is 3. The number of carbonyl (C=O) groups is 1. The van der Waals surface area contributed by atoms with Crippen LogP contribution in [-0.4, -0.2) is 48.4 Å². The van der Waals surface area contributed by atoms with Crippen molar-refractivity contribution in [2.75, 3.05) is 32.7 Å². The smallest absolute Gasteiger partial charge is 0.257 e. The minimum Gasteiger partial charge on any atom is -0.469 e. The van der Waals surface area contributed by atoms with E-state index in [1.165, 1.54) is 0 Å². The maximum absolute atomic E-state index is 12.3. The highest BCUT2D eigenvalue weighted by atomic mass is 16.3. The van der Waals surface area contributed by atoms with Crippen LogP contribution < -0.4 is 0 Å². The molecule has 1 saturated heterocycles. The van der Waals surface area contributed by atoms with Gasteiger partial charge in [0.25, 0.3) is 5.91 Å². The highest BCUT2D eigenvalue weighted by molar-refractivity contribution is 5.96. The molecule has 0 N–H and O–H groups in total. The van der Waals surface area contributed by atoms with Gasteiger partial charge in [0.15, 0.2) is 0 Å². The van der Waals surface area contributed by atoms with Crippen LogP contribution in [0.25, 0.3) is 0 Å². The summed E-state index contributed by atoms with van der Waals surface area (Å²) in [6.07, 6.45) is 1.66. The average molecular weight is 236 g/mol. The number of nitrogens with zero attached hydrogens (tertiary/aromatic N) is 2. The number of rotatable bonds is 2. The fraction of sp³-hybridized carbons (Fsp3) is 0.615. The predicted octanol–water partition coefficient (Wildman–Crippen LogP) is 1.67. The molecule has 0 aliphatic carbocycles. The molecule has 1 aromatic rings. The quantitative estimate of drug-likeness (QED) is 0.784. The van der Waals surface area contributed by atoms with Gasteiger partial charge in [0, 0.05) is 31.7 Å². The van der Waals surface area contributed by atoms with E-state index in [-0.39, 0.29) is 5.91 Å². The summed E-state index contributed by atoms with van der Waals surface area (Å²) in [5, 5.41) is 0. The normalized spacial score (nSPS) is 17.5. The van der Waals surface area contributed by atoms with Gasteiger partial charge in [-0.25, -0.2) is 0 Å². The molecule has 0 saturated carbocycles. The summed E-state index contributed by atoms with van der Waals surface area (Å²) in [5.74, 6) is 0.843. The molecule has 17 heavy (non-hydrogen) atoms. The van der Waals surface area contributed by atoms with Gasteiger partial charge in [-0.2, -0.15) is 0 Å². The predicted molar refractivity (Wildman–Crippen MR) is 66.2 cm³/mol. The minimum atomic E-state index is 0.115. The zero-order chi connectivity index (χ0) is 12.4. The van der Waals surface area contributed by atoms with Crippen molar-refractivity contribution in [3.63, 3.8) is 0 Å². The largest absolute Gasteiger partial charge is 0.469 e. The average Bonchev–Trinajstić information content (AvgIpc) is 2.68. The Morgan fingerprint density at radius 2 is 1.94 bits per heavy atom.